The van der Waals surface area contributed by atoms with E-state index in [1.165, 1.54) is 0 Å². The number of nitrogens with two attached hydrogens (primary N) is 1. The molecule has 0 aromatic carbocycles. The summed E-state index contributed by atoms with van der Waals surface area (Å²) >= 11 is 0. The molecule has 43 valence electrons. The van der Waals surface area contributed by atoms with Crippen molar-refractivity contribution in [1.29, 1.82) is 0 Å². The summed E-state index contributed by atoms with van der Waals surface area (Å²) in [5.41, 5.74) is 4.99. The van der Waals surface area contributed by atoms with Crippen molar-refractivity contribution in [1.82, 2.24) is 20.6 Å². The summed E-state index contributed by atoms with van der Waals surface area (Å²) in [6.45, 7) is 0. The number of nitrogen functional groups attached to an aromatic ring is 1. The second kappa shape index (κ2) is 2.54. The maximum absolute atomic E-state index is 4.99. The van der Waals surface area contributed by atoms with E-state index in [0.717, 1.165) is 0 Å². The third-order valence-corrected chi connectivity index (χ3v) is 0.362. The minimum absolute atomic E-state index is 0. The minimum Gasteiger partial charge on any atom is -0.367 e. The molecule has 0 unspecified atom stereocenters. The van der Waals surface area contributed by atoms with Crippen molar-refractivity contribution in [3.63, 3.8) is 0 Å². The fourth-order valence-corrected chi connectivity index (χ4v) is 0.166. The number of tetrazole rings is 1. The van der Waals surface area contributed by atoms with Gasteiger partial charge in [-0.3, -0.25) is 0 Å². The van der Waals surface area contributed by atoms with Crippen molar-refractivity contribution >= 4 is 5.95 Å². The quantitative estimate of drug-likeness (QED) is 0.452. The average molecular weight is 149 g/mol. The number of aromatic amines is 1. The van der Waals surface area contributed by atoms with Crippen LogP contribution in [-0.2, 0) is 17.1 Å². The monoisotopic (exact) mass is 148 g/mol. The van der Waals surface area contributed by atoms with Gasteiger partial charge in [-0.15, -0.1) is 0 Å². The molecule has 1 radical (unpaired) electrons. The molecule has 0 saturated heterocycles. The summed E-state index contributed by atoms with van der Waals surface area (Å²) in [5.74, 6) is 0.245. The van der Waals surface area contributed by atoms with Gasteiger partial charge in [0.1, 0.15) is 0 Å². The maximum Gasteiger partial charge on any atom is 0.237 e. The molecule has 1 aromatic rings. The average Bonchev–Trinajstić information content (AvgIpc) is 1.86. The van der Waals surface area contributed by atoms with Crippen molar-refractivity contribution in [3.8, 4) is 0 Å². The van der Waals surface area contributed by atoms with Crippen LogP contribution < -0.4 is 5.73 Å². The van der Waals surface area contributed by atoms with E-state index in [4.69, 9.17) is 5.73 Å². The van der Waals surface area contributed by atoms with Gasteiger partial charge in [-0.1, -0.05) is 5.10 Å². The van der Waals surface area contributed by atoms with Gasteiger partial charge >= 0.3 is 0 Å². The number of nitrogens with zero attached hydrogens (tertiary/aromatic N) is 3. The number of rotatable bonds is 0. The van der Waals surface area contributed by atoms with Crippen molar-refractivity contribution < 1.29 is 17.1 Å². The topological polar surface area (TPSA) is 80.5 Å². The first-order chi connectivity index (χ1) is 2.89. The standard InChI is InChI=1S/CH3N5.Cu/c2-1-3-5-6-4-1;/h(H3,2,3,4,5,6);. The molecule has 0 fully saturated rings. The van der Waals surface area contributed by atoms with E-state index in [-0.39, 0.29) is 23.0 Å². The predicted molar refractivity (Wildman–Crippen MR) is 18.6 cm³/mol. The van der Waals surface area contributed by atoms with Gasteiger partial charge in [0, 0.05) is 17.1 Å². The molecule has 7 heavy (non-hydrogen) atoms. The SMILES string of the molecule is Nc1nnn[nH]1.[Cu]. The van der Waals surface area contributed by atoms with Gasteiger partial charge in [0.25, 0.3) is 0 Å². The summed E-state index contributed by atoms with van der Waals surface area (Å²) in [6.07, 6.45) is 0. The van der Waals surface area contributed by atoms with Gasteiger partial charge in [-0.25, -0.2) is 5.10 Å². The predicted octanol–water partition coefficient (Wildman–Crippen LogP) is -1.22. The van der Waals surface area contributed by atoms with Gasteiger partial charge in [0.05, 0.1) is 0 Å². The number of anilines is 1. The molecule has 1 heterocycles. The Labute approximate surface area is 50.1 Å². The van der Waals surface area contributed by atoms with Crippen molar-refractivity contribution in [3.05, 3.63) is 0 Å². The minimum atomic E-state index is 0. The molecular formula is CH3CuN5. The molecule has 1 aromatic heterocycles. The molecule has 0 spiro atoms. The number of hydrogen-bond donors (Lipinski definition) is 2. The fourth-order valence-electron chi connectivity index (χ4n) is 0.166. The number of H-pyrrole nitrogens is 1. The first-order valence-corrected chi connectivity index (χ1v) is 1.39. The molecule has 1 rings (SSSR count). The van der Waals surface area contributed by atoms with Crippen LogP contribution in [0.3, 0.4) is 0 Å². The molecule has 0 aliphatic heterocycles. The van der Waals surface area contributed by atoms with E-state index in [2.05, 4.69) is 20.6 Å². The summed E-state index contributed by atoms with van der Waals surface area (Å²) in [6, 6.07) is 0. The summed E-state index contributed by atoms with van der Waals surface area (Å²) in [7, 11) is 0. The van der Waals surface area contributed by atoms with Crippen molar-refractivity contribution in [2.45, 2.75) is 0 Å². The van der Waals surface area contributed by atoms with Crippen molar-refractivity contribution in [2.24, 2.45) is 0 Å². The normalized spacial score (nSPS) is 7.43. The van der Waals surface area contributed by atoms with Crippen LogP contribution in [0.5, 0.6) is 0 Å². The summed E-state index contributed by atoms with van der Waals surface area (Å²) < 4.78 is 0. The Morgan fingerprint density at radius 1 is 1.57 bits per heavy atom. The molecule has 3 N–H and O–H groups in total. The van der Waals surface area contributed by atoms with Gasteiger partial charge in [0.2, 0.25) is 5.95 Å². The van der Waals surface area contributed by atoms with Crippen LogP contribution >= 0.6 is 0 Å². The number of aromatic nitrogens is 4. The smallest absolute Gasteiger partial charge is 0.237 e. The van der Waals surface area contributed by atoms with Crippen LogP contribution in [0.4, 0.5) is 5.95 Å². The zero-order valence-corrected chi connectivity index (χ0v) is 4.16. The van der Waals surface area contributed by atoms with E-state index >= 15 is 0 Å². The Morgan fingerprint density at radius 2 is 2.29 bits per heavy atom. The maximum atomic E-state index is 4.99. The van der Waals surface area contributed by atoms with Gasteiger partial charge in [-0.2, -0.15) is 0 Å². The first-order valence-electron chi connectivity index (χ1n) is 1.39. The molecule has 0 saturated carbocycles. The molecule has 0 bridgehead atoms. The van der Waals surface area contributed by atoms with Crippen molar-refractivity contribution in [2.75, 3.05) is 5.73 Å². The van der Waals surface area contributed by atoms with Crippen LogP contribution in [-0.4, -0.2) is 20.6 Å². The molecule has 6 heteroatoms. The van der Waals surface area contributed by atoms with E-state index in [9.17, 15) is 0 Å². The first kappa shape index (κ1) is 6.39. The van der Waals surface area contributed by atoms with Crippen LogP contribution in [0, 0.1) is 0 Å². The van der Waals surface area contributed by atoms with Gasteiger partial charge in [-0.05, 0) is 10.4 Å². The molecule has 5 nitrogen and oxygen atoms in total. The van der Waals surface area contributed by atoms with Crippen LogP contribution in [0.25, 0.3) is 0 Å². The molecule has 0 atom stereocenters. The number of nitrogens with one attached hydrogen (secondary N) is 1. The Morgan fingerprint density at radius 3 is 2.43 bits per heavy atom. The molecule has 0 aliphatic rings. The second-order valence-corrected chi connectivity index (χ2v) is 0.786. The second-order valence-electron chi connectivity index (χ2n) is 0.786. The van der Waals surface area contributed by atoms with Gasteiger partial charge < -0.3 is 5.73 Å². The Balaban J connectivity index is 0.000000360. The largest absolute Gasteiger partial charge is 0.367 e. The van der Waals surface area contributed by atoms with Crippen LogP contribution in [0.1, 0.15) is 0 Å². The molecular weight excluding hydrogens is 146 g/mol. The fraction of sp³-hybridized carbons (Fsp3) is 0. The molecule has 0 amide bonds. The molecule has 0 aliphatic carbocycles. The third-order valence-electron chi connectivity index (χ3n) is 0.362. The van der Waals surface area contributed by atoms with E-state index in [1.54, 1.807) is 0 Å². The summed E-state index contributed by atoms with van der Waals surface area (Å²) in [4.78, 5) is 0. The number of hydrogen-bond acceptors (Lipinski definition) is 4. The van der Waals surface area contributed by atoms with E-state index in [0.29, 0.717) is 0 Å². The van der Waals surface area contributed by atoms with E-state index in [1.807, 2.05) is 0 Å². The van der Waals surface area contributed by atoms with Crippen LogP contribution in [0.2, 0.25) is 0 Å². The zero-order valence-electron chi connectivity index (χ0n) is 3.22. The Bertz CT molecular complexity index is 112. The Kier molecular flexibility index (Phi) is 2.32. The van der Waals surface area contributed by atoms with E-state index < -0.39 is 0 Å². The Hall–Kier alpha value is -0.611. The zero-order chi connectivity index (χ0) is 4.41. The third kappa shape index (κ3) is 1.52. The van der Waals surface area contributed by atoms with Crippen LogP contribution in [0.15, 0.2) is 0 Å². The van der Waals surface area contributed by atoms with Gasteiger partial charge in [0.15, 0.2) is 0 Å². The summed E-state index contributed by atoms with van der Waals surface area (Å²) in [5, 5.41) is 11.9.